The summed E-state index contributed by atoms with van der Waals surface area (Å²) in [5.41, 5.74) is 2.16. The molecule has 1 amide bonds. The number of fused-ring (bicyclic) bond motifs is 1. The number of hydrogen-bond donors (Lipinski definition) is 2. The minimum Gasteiger partial charge on any atom is -0.348 e. The van der Waals surface area contributed by atoms with Crippen LogP contribution in [0.3, 0.4) is 0 Å². The van der Waals surface area contributed by atoms with Crippen LogP contribution in [0.2, 0.25) is 0 Å². The summed E-state index contributed by atoms with van der Waals surface area (Å²) in [4.78, 5) is 15.8. The summed E-state index contributed by atoms with van der Waals surface area (Å²) in [6, 6.07) is 11.1. The van der Waals surface area contributed by atoms with Gasteiger partial charge in [-0.1, -0.05) is 24.3 Å². The van der Waals surface area contributed by atoms with Gasteiger partial charge in [-0.3, -0.25) is 9.69 Å². The lowest BCUT2D eigenvalue weighted by Crippen LogP contribution is -2.64. The topological polar surface area (TPSA) is 44.4 Å². The minimum absolute atomic E-state index is 0. The average molecular weight is 458 g/mol. The van der Waals surface area contributed by atoms with Gasteiger partial charge in [0.1, 0.15) is 17.2 Å². The van der Waals surface area contributed by atoms with Crippen molar-refractivity contribution < 1.29 is 13.6 Å². The Labute approximate surface area is 188 Å². The standard InChI is InChI=1S/C22H25F2N3O.2ClH/c1-15(18-10-19(23)12-20(24)11-18)26-21(28)22(27-8-6-25-7-9-27)13-16-4-2-3-5-17(16)14-22;;/h2-5,10-12,15,25H,6-9,13-14H2,1H3,(H,26,28);2*1H/t15-;;/m0../s1. The van der Waals surface area contributed by atoms with E-state index >= 15 is 0 Å². The Hall–Kier alpha value is -1.73. The molecule has 2 aromatic rings. The Kier molecular flexibility index (Phi) is 8.22. The quantitative estimate of drug-likeness (QED) is 0.738. The summed E-state index contributed by atoms with van der Waals surface area (Å²) in [5, 5.41) is 6.37. The first-order chi connectivity index (χ1) is 13.5. The maximum Gasteiger partial charge on any atom is 0.241 e. The van der Waals surface area contributed by atoms with Crippen molar-refractivity contribution in [3.63, 3.8) is 0 Å². The minimum atomic E-state index is -0.661. The molecule has 0 bridgehead atoms. The van der Waals surface area contributed by atoms with Crippen molar-refractivity contribution in [3.8, 4) is 0 Å². The van der Waals surface area contributed by atoms with Gasteiger partial charge in [0, 0.05) is 45.1 Å². The maximum absolute atomic E-state index is 13.6. The van der Waals surface area contributed by atoms with Crippen LogP contribution < -0.4 is 10.6 Å². The number of halogens is 4. The Morgan fingerprint density at radius 2 is 1.57 bits per heavy atom. The summed E-state index contributed by atoms with van der Waals surface area (Å²) in [5.74, 6) is -1.36. The first-order valence-electron chi connectivity index (χ1n) is 9.77. The van der Waals surface area contributed by atoms with E-state index in [0.29, 0.717) is 18.4 Å². The van der Waals surface area contributed by atoms with Crippen LogP contribution in [0, 0.1) is 11.6 Å². The van der Waals surface area contributed by atoms with E-state index in [2.05, 4.69) is 27.7 Å². The second-order valence-corrected chi connectivity index (χ2v) is 7.79. The Balaban J connectivity index is 0.00000160. The van der Waals surface area contributed by atoms with E-state index in [4.69, 9.17) is 0 Å². The number of hydrogen-bond acceptors (Lipinski definition) is 3. The van der Waals surface area contributed by atoms with Gasteiger partial charge in [-0.15, -0.1) is 24.8 Å². The third-order valence-corrected chi connectivity index (χ3v) is 5.96. The maximum atomic E-state index is 13.6. The molecule has 0 saturated carbocycles. The van der Waals surface area contributed by atoms with Crippen LogP contribution in [0.25, 0.3) is 0 Å². The first-order valence-corrected chi connectivity index (χ1v) is 9.77. The number of amides is 1. The van der Waals surface area contributed by atoms with Gasteiger partial charge >= 0.3 is 0 Å². The van der Waals surface area contributed by atoms with Crippen molar-refractivity contribution in [1.29, 1.82) is 0 Å². The van der Waals surface area contributed by atoms with Crippen LogP contribution >= 0.6 is 24.8 Å². The second-order valence-electron chi connectivity index (χ2n) is 7.79. The number of nitrogens with zero attached hydrogens (tertiary/aromatic N) is 1. The van der Waals surface area contributed by atoms with Crippen LogP contribution in [-0.4, -0.2) is 42.5 Å². The molecule has 4 nitrogen and oxygen atoms in total. The molecule has 164 valence electrons. The molecule has 0 spiro atoms. The van der Waals surface area contributed by atoms with E-state index < -0.39 is 23.2 Å². The number of piperazine rings is 1. The molecule has 0 aromatic heterocycles. The highest BCUT2D eigenvalue weighted by Crippen LogP contribution is 2.36. The van der Waals surface area contributed by atoms with Crippen LogP contribution in [0.15, 0.2) is 42.5 Å². The lowest BCUT2D eigenvalue weighted by Gasteiger charge is -2.42. The monoisotopic (exact) mass is 457 g/mol. The van der Waals surface area contributed by atoms with Gasteiger partial charge in [-0.25, -0.2) is 8.78 Å². The smallest absolute Gasteiger partial charge is 0.241 e. The number of rotatable bonds is 4. The summed E-state index contributed by atoms with van der Waals surface area (Å²) in [6.07, 6.45) is 1.30. The van der Waals surface area contributed by atoms with Gasteiger partial charge in [0.15, 0.2) is 0 Å². The van der Waals surface area contributed by atoms with Gasteiger partial charge in [0.05, 0.1) is 6.04 Å². The molecule has 1 atom stereocenters. The Morgan fingerprint density at radius 1 is 1.03 bits per heavy atom. The van der Waals surface area contributed by atoms with Gasteiger partial charge in [-0.2, -0.15) is 0 Å². The molecule has 1 aliphatic heterocycles. The first kappa shape index (κ1) is 24.5. The molecule has 30 heavy (non-hydrogen) atoms. The Bertz CT molecular complexity index is 845. The molecule has 1 heterocycles. The molecule has 8 heteroatoms. The molecule has 1 saturated heterocycles. The normalized spacial score (nSPS) is 18.5. The van der Waals surface area contributed by atoms with E-state index in [1.54, 1.807) is 6.92 Å². The van der Waals surface area contributed by atoms with Gasteiger partial charge in [-0.05, 0) is 35.7 Å². The Morgan fingerprint density at radius 3 is 2.10 bits per heavy atom. The highest BCUT2D eigenvalue weighted by Gasteiger charge is 2.48. The van der Waals surface area contributed by atoms with Crippen molar-refractivity contribution in [2.24, 2.45) is 0 Å². The van der Waals surface area contributed by atoms with Gasteiger partial charge < -0.3 is 10.6 Å². The molecule has 2 N–H and O–H groups in total. The van der Waals surface area contributed by atoms with Crippen LogP contribution in [-0.2, 0) is 17.6 Å². The molecule has 1 fully saturated rings. The largest absolute Gasteiger partial charge is 0.348 e. The molecule has 4 rings (SSSR count). The molecule has 0 unspecified atom stereocenters. The van der Waals surface area contributed by atoms with Crippen LogP contribution in [0.4, 0.5) is 8.78 Å². The van der Waals surface area contributed by atoms with Gasteiger partial charge in [0.25, 0.3) is 0 Å². The zero-order valence-electron chi connectivity index (χ0n) is 16.8. The third-order valence-electron chi connectivity index (χ3n) is 5.96. The highest BCUT2D eigenvalue weighted by molar-refractivity contribution is 5.88. The zero-order valence-corrected chi connectivity index (χ0v) is 18.4. The number of carbonyl (C=O) groups excluding carboxylic acids is 1. The van der Waals surface area contributed by atoms with E-state index in [-0.39, 0.29) is 30.7 Å². The fraction of sp³-hybridized carbons (Fsp3) is 0.409. The molecule has 2 aliphatic rings. The number of benzene rings is 2. The van der Waals surface area contributed by atoms with E-state index in [9.17, 15) is 13.6 Å². The van der Waals surface area contributed by atoms with Crippen molar-refractivity contribution >= 4 is 30.7 Å². The summed E-state index contributed by atoms with van der Waals surface area (Å²) in [7, 11) is 0. The zero-order chi connectivity index (χ0) is 19.7. The lowest BCUT2D eigenvalue weighted by molar-refractivity contribution is -0.134. The molecular weight excluding hydrogens is 431 g/mol. The molecule has 2 aromatic carbocycles. The highest BCUT2D eigenvalue weighted by atomic mass is 35.5. The van der Waals surface area contributed by atoms with Crippen molar-refractivity contribution in [3.05, 3.63) is 70.8 Å². The van der Waals surface area contributed by atoms with Crippen LogP contribution in [0.5, 0.6) is 0 Å². The summed E-state index contributed by atoms with van der Waals surface area (Å²) < 4.78 is 27.2. The van der Waals surface area contributed by atoms with Crippen molar-refractivity contribution in [1.82, 2.24) is 15.5 Å². The molecular formula is C22H27Cl2F2N3O. The van der Waals surface area contributed by atoms with Gasteiger partial charge in [0.2, 0.25) is 5.91 Å². The van der Waals surface area contributed by atoms with Crippen LogP contribution in [0.1, 0.15) is 29.7 Å². The fourth-order valence-electron chi connectivity index (χ4n) is 4.46. The van der Waals surface area contributed by atoms with E-state index in [1.165, 1.54) is 23.3 Å². The predicted octanol–water partition coefficient (Wildman–Crippen LogP) is 3.43. The second kappa shape index (κ2) is 10.1. The average Bonchev–Trinajstić information content (AvgIpc) is 3.09. The van der Waals surface area contributed by atoms with E-state index in [1.807, 2.05) is 12.1 Å². The number of nitrogens with one attached hydrogen (secondary N) is 2. The molecule has 0 radical (unpaired) electrons. The predicted molar refractivity (Wildman–Crippen MR) is 118 cm³/mol. The van der Waals surface area contributed by atoms with E-state index in [0.717, 1.165) is 32.2 Å². The number of carbonyl (C=O) groups is 1. The van der Waals surface area contributed by atoms with Crippen molar-refractivity contribution in [2.45, 2.75) is 31.3 Å². The van der Waals surface area contributed by atoms with Crippen molar-refractivity contribution in [2.75, 3.05) is 26.2 Å². The lowest BCUT2D eigenvalue weighted by atomic mass is 9.90. The summed E-state index contributed by atoms with van der Waals surface area (Å²) in [6.45, 7) is 5.04. The SMILES string of the molecule is C[C@H](NC(=O)C1(N2CCNCC2)Cc2ccccc2C1)c1cc(F)cc(F)c1.Cl.Cl. The fourth-order valence-corrected chi connectivity index (χ4v) is 4.46. The third kappa shape index (κ3) is 4.78. The summed E-state index contributed by atoms with van der Waals surface area (Å²) >= 11 is 0. The molecule has 1 aliphatic carbocycles.